The molecule has 32 heavy (non-hydrogen) atoms. The molecule has 0 atom stereocenters. The van der Waals surface area contributed by atoms with Crippen molar-refractivity contribution in [3.8, 4) is 0 Å². The molecule has 162 valence electrons. The van der Waals surface area contributed by atoms with Crippen molar-refractivity contribution in [1.29, 1.82) is 0 Å². The van der Waals surface area contributed by atoms with Crippen molar-refractivity contribution in [3.05, 3.63) is 84.8 Å². The van der Waals surface area contributed by atoms with Crippen LogP contribution in [0.1, 0.15) is 23.2 Å². The van der Waals surface area contributed by atoms with Gasteiger partial charge in [-0.1, -0.05) is 18.2 Å². The van der Waals surface area contributed by atoms with Crippen LogP contribution in [0.3, 0.4) is 0 Å². The minimum absolute atomic E-state index is 0.0163. The predicted octanol–water partition coefficient (Wildman–Crippen LogP) is 3.84. The van der Waals surface area contributed by atoms with Gasteiger partial charge in [-0.2, -0.15) is 5.10 Å². The summed E-state index contributed by atoms with van der Waals surface area (Å²) in [6.07, 6.45) is 6.10. The van der Waals surface area contributed by atoms with Crippen molar-refractivity contribution < 1.29 is 9.90 Å². The predicted molar refractivity (Wildman–Crippen MR) is 124 cm³/mol. The number of piperidine rings is 1. The first kappa shape index (κ1) is 20.2. The molecule has 2 aromatic heterocycles. The Balaban J connectivity index is 1.26. The second-order valence-corrected chi connectivity index (χ2v) is 8.32. The number of pyridine rings is 1. The van der Waals surface area contributed by atoms with E-state index in [4.69, 9.17) is 0 Å². The van der Waals surface area contributed by atoms with Gasteiger partial charge in [0.15, 0.2) is 0 Å². The highest BCUT2D eigenvalue weighted by atomic mass is 16.3. The lowest BCUT2D eigenvalue weighted by Crippen LogP contribution is -2.48. The van der Waals surface area contributed by atoms with E-state index in [1.807, 2.05) is 53.3 Å². The topological polar surface area (TPSA) is 83.3 Å². The highest BCUT2D eigenvalue weighted by molar-refractivity contribution is 5.94. The van der Waals surface area contributed by atoms with Gasteiger partial charge in [-0.3, -0.25) is 14.5 Å². The van der Waals surface area contributed by atoms with E-state index in [-0.39, 0.29) is 5.91 Å². The van der Waals surface area contributed by atoms with Gasteiger partial charge in [-0.25, -0.2) is 0 Å². The number of rotatable bonds is 5. The average Bonchev–Trinajstić information content (AvgIpc) is 3.21. The first-order valence-corrected chi connectivity index (χ1v) is 10.8. The van der Waals surface area contributed by atoms with E-state index in [1.54, 1.807) is 29.4 Å². The smallest absolute Gasteiger partial charge is 0.253 e. The van der Waals surface area contributed by atoms with Crippen LogP contribution in [0.4, 0.5) is 11.4 Å². The molecule has 0 radical (unpaired) electrons. The lowest BCUT2D eigenvalue weighted by molar-refractivity contribution is -0.0306. The van der Waals surface area contributed by atoms with Crippen molar-refractivity contribution in [3.63, 3.8) is 0 Å². The van der Waals surface area contributed by atoms with Crippen LogP contribution < -0.4 is 5.32 Å². The zero-order valence-corrected chi connectivity index (χ0v) is 17.7. The molecular weight excluding hydrogens is 402 g/mol. The SMILES string of the molecule is O=C(c1ccncc1)N1CCC(O)(Cn2ncc3cc(Nc4ccccc4)ccc32)CC1. The van der Waals surface area contributed by atoms with Crippen molar-refractivity contribution in [2.24, 2.45) is 0 Å². The Morgan fingerprint density at radius 1 is 1.00 bits per heavy atom. The molecule has 4 aromatic rings. The molecule has 0 spiro atoms. The average molecular weight is 428 g/mol. The first-order valence-electron chi connectivity index (χ1n) is 10.8. The minimum Gasteiger partial charge on any atom is -0.388 e. The van der Waals surface area contributed by atoms with E-state index < -0.39 is 5.60 Å². The number of aromatic nitrogens is 3. The number of likely N-dealkylation sites (tertiary alicyclic amines) is 1. The molecule has 0 saturated carbocycles. The summed E-state index contributed by atoms with van der Waals surface area (Å²) in [5, 5.41) is 20.1. The molecule has 0 bridgehead atoms. The fourth-order valence-electron chi connectivity index (χ4n) is 4.22. The van der Waals surface area contributed by atoms with Gasteiger partial charge in [0.05, 0.1) is 23.9 Å². The van der Waals surface area contributed by atoms with Crippen LogP contribution in [0.2, 0.25) is 0 Å². The monoisotopic (exact) mass is 427 g/mol. The largest absolute Gasteiger partial charge is 0.388 e. The van der Waals surface area contributed by atoms with Gasteiger partial charge in [0.25, 0.3) is 5.91 Å². The zero-order chi connectivity index (χ0) is 22.0. The quantitative estimate of drug-likeness (QED) is 0.506. The van der Waals surface area contributed by atoms with Crippen LogP contribution in [-0.2, 0) is 6.54 Å². The molecule has 2 N–H and O–H groups in total. The van der Waals surface area contributed by atoms with Gasteiger partial charge in [0.2, 0.25) is 0 Å². The van der Waals surface area contributed by atoms with Crippen LogP contribution in [0.15, 0.2) is 79.3 Å². The molecule has 7 heteroatoms. The number of benzene rings is 2. The number of anilines is 2. The molecule has 0 unspecified atom stereocenters. The molecule has 0 aliphatic carbocycles. The van der Waals surface area contributed by atoms with Gasteiger partial charge in [0, 0.05) is 47.8 Å². The van der Waals surface area contributed by atoms with Crippen LogP contribution in [0.5, 0.6) is 0 Å². The van der Waals surface area contributed by atoms with Crippen molar-refractivity contribution in [2.75, 3.05) is 18.4 Å². The number of nitrogens with zero attached hydrogens (tertiary/aromatic N) is 4. The molecule has 1 aliphatic rings. The Kier molecular flexibility index (Phi) is 5.33. The third kappa shape index (κ3) is 4.20. The summed E-state index contributed by atoms with van der Waals surface area (Å²) in [6, 6.07) is 19.6. The molecule has 5 rings (SSSR count). The number of carbonyl (C=O) groups excluding carboxylic acids is 1. The summed E-state index contributed by atoms with van der Waals surface area (Å²) in [6.45, 7) is 1.43. The minimum atomic E-state index is -0.894. The maximum Gasteiger partial charge on any atom is 0.253 e. The molecule has 1 fully saturated rings. The molecule has 7 nitrogen and oxygen atoms in total. The molecule has 1 saturated heterocycles. The summed E-state index contributed by atoms with van der Waals surface area (Å²) < 4.78 is 1.86. The second-order valence-electron chi connectivity index (χ2n) is 8.32. The van der Waals surface area contributed by atoms with Crippen molar-refractivity contribution >= 4 is 28.2 Å². The highest BCUT2D eigenvalue weighted by Gasteiger charge is 2.35. The maximum atomic E-state index is 12.7. The van der Waals surface area contributed by atoms with Gasteiger partial charge < -0.3 is 15.3 Å². The summed E-state index contributed by atoms with van der Waals surface area (Å²) in [5.41, 5.74) is 2.73. The number of fused-ring (bicyclic) bond motifs is 1. The van der Waals surface area contributed by atoms with Crippen molar-refractivity contribution in [1.82, 2.24) is 19.7 Å². The highest BCUT2D eigenvalue weighted by Crippen LogP contribution is 2.28. The first-order chi connectivity index (χ1) is 15.6. The van der Waals surface area contributed by atoms with E-state index in [0.29, 0.717) is 38.0 Å². The molecule has 1 aliphatic heterocycles. The van der Waals surface area contributed by atoms with Crippen LogP contribution >= 0.6 is 0 Å². The fourth-order valence-corrected chi connectivity index (χ4v) is 4.22. The number of hydrogen-bond donors (Lipinski definition) is 2. The van der Waals surface area contributed by atoms with Gasteiger partial charge in [0.1, 0.15) is 0 Å². The molecule has 1 amide bonds. The lowest BCUT2D eigenvalue weighted by atomic mass is 9.91. The Morgan fingerprint density at radius 2 is 1.75 bits per heavy atom. The molecular formula is C25H25N5O2. The summed E-state index contributed by atoms with van der Waals surface area (Å²) in [4.78, 5) is 18.4. The third-order valence-electron chi connectivity index (χ3n) is 6.06. The number of carbonyl (C=O) groups is 1. The Labute approximate surface area is 186 Å². The maximum absolute atomic E-state index is 12.7. The third-order valence-corrected chi connectivity index (χ3v) is 6.06. The Hall–Kier alpha value is -3.71. The van der Waals surface area contributed by atoms with E-state index in [1.165, 1.54) is 0 Å². The van der Waals surface area contributed by atoms with Crippen LogP contribution in [-0.4, -0.2) is 49.4 Å². The van der Waals surface area contributed by atoms with Crippen molar-refractivity contribution in [2.45, 2.75) is 25.0 Å². The van der Waals surface area contributed by atoms with Gasteiger partial charge >= 0.3 is 0 Å². The summed E-state index contributed by atoms with van der Waals surface area (Å²) in [7, 11) is 0. The van der Waals surface area contributed by atoms with Gasteiger partial charge in [-0.05, 0) is 55.3 Å². The number of nitrogens with one attached hydrogen (secondary N) is 1. The second kappa shape index (κ2) is 8.43. The van der Waals surface area contributed by atoms with E-state index in [2.05, 4.69) is 21.5 Å². The Bertz CT molecular complexity index is 1220. The summed E-state index contributed by atoms with van der Waals surface area (Å²) >= 11 is 0. The van der Waals surface area contributed by atoms with E-state index in [9.17, 15) is 9.90 Å². The number of aliphatic hydroxyl groups is 1. The summed E-state index contributed by atoms with van der Waals surface area (Å²) in [5.74, 6) is -0.0163. The molecule has 2 aromatic carbocycles. The molecule has 3 heterocycles. The fraction of sp³-hybridized carbons (Fsp3) is 0.240. The van der Waals surface area contributed by atoms with Crippen LogP contribution in [0.25, 0.3) is 10.9 Å². The normalized spacial score (nSPS) is 15.6. The lowest BCUT2D eigenvalue weighted by Gasteiger charge is -2.38. The number of para-hydroxylation sites is 1. The number of amides is 1. The van der Waals surface area contributed by atoms with Gasteiger partial charge in [-0.15, -0.1) is 0 Å². The van der Waals surface area contributed by atoms with Crippen LogP contribution in [0, 0.1) is 0 Å². The standard InChI is InChI=1S/C25H25N5O2/c31-24(19-8-12-26-13-9-19)29-14-10-25(32,11-15-29)18-30-23-7-6-22(16-20(23)17-27-30)28-21-4-2-1-3-5-21/h1-9,12-13,16-17,28,32H,10-11,14-15,18H2. The number of hydrogen-bond acceptors (Lipinski definition) is 5. The van der Waals surface area contributed by atoms with E-state index >= 15 is 0 Å². The zero-order valence-electron chi connectivity index (χ0n) is 17.7. The Morgan fingerprint density at radius 3 is 2.50 bits per heavy atom. The van der Waals surface area contributed by atoms with E-state index in [0.717, 1.165) is 22.3 Å².